The lowest BCUT2D eigenvalue weighted by Gasteiger charge is -2.45. The van der Waals surface area contributed by atoms with E-state index in [2.05, 4.69) is 16.4 Å². The molecule has 1 unspecified atom stereocenters. The summed E-state index contributed by atoms with van der Waals surface area (Å²) in [7, 11) is 0. The first-order valence-electron chi connectivity index (χ1n) is 9.61. The first-order chi connectivity index (χ1) is 13.6. The summed E-state index contributed by atoms with van der Waals surface area (Å²) >= 11 is 0. The Morgan fingerprint density at radius 3 is 2.41 bits per heavy atom. The molecule has 29 heavy (non-hydrogen) atoms. The fourth-order valence-electron chi connectivity index (χ4n) is 4.14. The van der Waals surface area contributed by atoms with Crippen LogP contribution in [0.1, 0.15) is 41.6 Å². The monoisotopic (exact) mass is 412 g/mol. The number of nitrogens with zero attached hydrogens (tertiary/aromatic N) is 2. The van der Waals surface area contributed by atoms with Crippen molar-refractivity contribution in [3.8, 4) is 0 Å². The number of benzene rings is 1. The number of alkyl halides is 3. The van der Waals surface area contributed by atoms with Gasteiger partial charge in [-0.25, -0.2) is 4.79 Å². The Balaban J connectivity index is 0.000000370. The number of aliphatic carboxylic acids is 1. The van der Waals surface area contributed by atoms with E-state index in [1.165, 1.54) is 19.3 Å². The van der Waals surface area contributed by atoms with Crippen LogP contribution in [0, 0.1) is 6.92 Å². The second-order valence-electron chi connectivity index (χ2n) is 7.57. The third kappa shape index (κ3) is 5.82. The van der Waals surface area contributed by atoms with Crippen LogP contribution in [-0.4, -0.2) is 64.7 Å². The van der Waals surface area contributed by atoms with E-state index in [0.717, 1.165) is 43.7 Å². The molecule has 1 atom stereocenters. The van der Waals surface area contributed by atoms with Crippen LogP contribution in [0.25, 0.3) is 0 Å². The number of aryl methyl sites for hydroxylation is 1. The lowest BCUT2D eigenvalue weighted by Crippen LogP contribution is -2.56. The predicted octanol–water partition coefficient (Wildman–Crippen LogP) is 3.88. The topological polar surface area (TPSA) is 60.9 Å². The molecule has 0 aromatic heterocycles. The van der Waals surface area contributed by atoms with Gasteiger partial charge in [0.2, 0.25) is 0 Å². The molecule has 1 aromatic carbocycles. The van der Waals surface area contributed by atoms with E-state index in [1.807, 2.05) is 37.3 Å². The van der Waals surface area contributed by atoms with Crippen LogP contribution >= 0.6 is 0 Å². The number of hydrogen-bond acceptors (Lipinski definition) is 3. The van der Waals surface area contributed by atoms with Gasteiger partial charge in [0.1, 0.15) is 0 Å². The summed E-state index contributed by atoms with van der Waals surface area (Å²) in [6, 6.07) is 7.95. The van der Waals surface area contributed by atoms with Crippen LogP contribution in [0.15, 0.2) is 36.9 Å². The van der Waals surface area contributed by atoms with Gasteiger partial charge < -0.3 is 10.0 Å². The molecule has 160 valence electrons. The van der Waals surface area contributed by atoms with Gasteiger partial charge in [0.05, 0.1) is 0 Å². The predicted molar refractivity (Wildman–Crippen MR) is 104 cm³/mol. The molecule has 1 amide bonds. The second kappa shape index (κ2) is 9.43. The van der Waals surface area contributed by atoms with E-state index in [9.17, 15) is 18.0 Å². The molecule has 2 heterocycles. The maximum Gasteiger partial charge on any atom is 0.490 e. The van der Waals surface area contributed by atoms with E-state index in [1.54, 1.807) is 0 Å². The zero-order valence-electron chi connectivity index (χ0n) is 16.5. The Kier molecular flexibility index (Phi) is 7.46. The molecule has 1 N–H and O–H groups in total. The Hall–Kier alpha value is -2.35. The molecule has 0 saturated carbocycles. The van der Waals surface area contributed by atoms with Crippen molar-refractivity contribution >= 4 is 11.9 Å². The molecule has 1 aromatic rings. The number of likely N-dealkylation sites (tertiary alicyclic amines) is 2. The molecule has 8 heteroatoms. The van der Waals surface area contributed by atoms with Crippen molar-refractivity contribution in [1.29, 1.82) is 0 Å². The van der Waals surface area contributed by atoms with Gasteiger partial charge in [0, 0.05) is 30.7 Å². The molecule has 5 nitrogen and oxygen atoms in total. The minimum absolute atomic E-state index is 0.186. The van der Waals surface area contributed by atoms with Crippen LogP contribution in [0.5, 0.6) is 0 Å². The van der Waals surface area contributed by atoms with Crippen molar-refractivity contribution in [2.75, 3.05) is 26.2 Å². The highest BCUT2D eigenvalue weighted by Crippen LogP contribution is 2.37. The van der Waals surface area contributed by atoms with Gasteiger partial charge in [-0.15, -0.1) is 6.58 Å². The quantitative estimate of drug-likeness (QED) is 0.766. The molecular formula is C21H27F3N2O3. The summed E-state index contributed by atoms with van der Waals surface area (Å²) in [6.45, 7) is 9.76. The van der Waals surface area contributed by atoms with Gasteiger partial charge >= 0.3 is 12.1 Å². The van der Waals surface area contributed by atoms with Gasteiger partial charge in [0.25, 0.3) is 5.91 Å². The van der Waals surface area contributed by atoms with E-state index in [-0.39, 0.29) is 11.4 Å². The van der Waals surface area contributed by atoms with Gasteiger partial charge in [0.15, 0.2) is 0 Å². The average Bonchev–Trinajstić information content (AvgIpc) is 3.02. The summed E-state index contributed by atoms with van der Waals surface area (Å²) in [4.78, 5) is 26.3. The smallest absolute Gasteiger partial charge is 0.475 e. The van der Waals surface area contributed by atoms with Gasteiger partial charge in [-0.1, -0.05) is 23.8 Å². The molecule has 2 fully saturated rings. The molecular weight excluding hydrogens is 385 g/mol. The summed E-state index contributed by atoms with van der Waals surface area (Å²) in [5, 5.41) is 7.12. The highest BCUT2D eigenvalue weighted by atomic mass is 19.4. The number of carboxylic acids is 1. The van der Waals surface area contributed by atoms with E-state index in [0.29, 0.717) is 0 Å². The van der Waals surface area contributed by atoms with Gasteiger partial charge in [-0.05, 0) is 51.3 Å². The first-order valence-corrected chi connectivity index (χ1v) is 9.61. The lowest BCUT2D eigenvalue weighted by atomic mass is 9.86. The maximum atomic E-state index is 12.8. The third-order valence-electron chi connectivity index (χ3n) is 5.44. The van der Waals surface area contributed by atoms with Crippen molar-refractivity contribution in [1.82, 2.24) is 9.80 Å². The fourth-order valence-corrected chi connectivity index (χ4v) is 4.14. The Morgan fingerprint density at radius 1 is 1.24 bits per heavy atom. The number of rotatable bonds is 3. The van der Waals surface area contributed by atoms with Gasteiger partial charge in [-0.3, -0.25) is 9.69 Å². The van der Waals surface area contributed by atoms with Crippen molar-refractivity contribution in [2.45, 2.75) is 44.3 Å². The highest BCUT2D eigenvalue weighted by Gasteiger charge is 2.44. The molecule has 2 aliphatic heterocycles. The van der Waals surface area contributed by atoms with Crippen LogP contribution in [-0.2, 0) is 4.79 Å². The number of carboxylic acid groups (broad SMARTS) is 1. The molecule has 0 radical (unpaired) electrons. The fraction of sp³-hybridized carbons (Fsp3) is 0.524. The van der Waals surface area contributed by atoms with Crippen LogP contribution in [0.2, 0.25) is 0 Å². The summed E-state index contributed by atoms with van der Waals surface area (Å²) in [6.07, 6.45) is 1.66. The summed E-state index contributed by atoms with van der Waals surface area (Å²) < 4.78 is 31.7. The van der Waals surface area contributed by atoms with E-state index in [4.69, 9.17) is 9.90 Å². The van der Waals surface area contributed by atoms with Crippen molar-refractivity contribution in [3.05, 3.63) is 48.0 Å². The zero-order chi connectivity index (χ0) is 21.7. The van der Waals surface area contributed by atoms with Crippen molar-refractivity contribution in [3.63, 3.8) is 0 Å². The lowest BCUT2D eigenvalue weighted by molar-refractivity contribution is -0.192. The Morgan fingerprint density at radius 2 is 1.86 bits per heavy atom. The largest absolute Gasteiger partial charge is 0.490 e. The van der Waals surface area contributed by atoms with Crippen molar-refractivity contribution < 1.29 is 27.9 Å². The number of piperidine rings is 1. The standard InChI is InChI=1S/C19H26N2O.C2HF3O2/c1-3-11-21-13-6-10-19(21)9-5-12-20(15-19)18(22)17-8-4-7-16(2)14-17;3-2(4,5)1(6)7/h3-4,7-8,14H,1,5-6,9-13,15H2,2H3;(H,6,7). The molecule has 2 aliphatic rings. The normalized spacial score (nSPS) is 22.1. The number of carbonyl (C=O) groups is 2. The third-order valence-corrected chi connectivity index (χ3v) is 5.44. The molecule has 0 bridgehead atoms. The summed E-state index contributed by atoms with van der Waals surface area (Å²) in [5.74, 6) is -2.57. The minimum Gasteiger partial charge on any atom is -0.475 e. The maximum absolute atomic E-state index is 12.8. The Bertz CT molecular complexity index is 751. The summed E-state index contributed by atoms with van der Waals surface area (Å²) in [5.41, 5.74) is 2.16. The molecule has 1 spiro atoms. The number of halogens is 3. The number of carbonyl (C=O) groups excluding carboxylic acids is 1. The molecule has 0 aliphatic carbocycles. The highest BCUT2D eigenvalue weighted by molar-refractivity contribution is 5.94. The zero-order valence-corrected chi connectivity index (χ0v) is 16.5. The average molecular weight is 412 g/mol. The second-order valence-corrected chi connectivity index (χ2v) is 7.57. The number of hydrogen-bond donors (Lipinski definition) is 1. The SMILES string of the molecule is C=CCN1CCCC12CCCN(C(=O)c1cccc(C)c1)C2.O=C(O)C(F)(F)F. The Labute approximate surface area is 168 Å². The van der Waals surface area contributed by atoms with Crippen molar-refractivity contribution in [2.24, 2.45) is 0 Å². The van der Waals surface area contributed by atoms with Crippen LogP contribution < -0.4 is 0 Å². The van der Waals surface area contributed by atoms with E-state index < -0.39 is 12.1 Å². The van der Waals surface area contributed by atoms with Gasteiger partial charge in [-0.2, -0.15) is 13.2 Å². The van der Waals surface area contributed by atoms with Crippen LogP contribution in [0.3, 0.4) is 0 Å². The number of amides is 1. The van der Waals surface area contributed by atoms with Crippen LogP contribution in [0.4, 0.5) is 13.2 Å². The van der Waals surface area contributed by atoms with E-state index >= 15 is 0 Å². The molecule has 3 rings (SSSR count). The minimum atomic E-state index is -5.08. The first kappa shape index (κ1) is 22.9. The molecule has 2 saturated heterocycles.